The third-order valence-electron chi connectivity index (χ3n) is 8.12. The molecule has 1 aromatic carbocycles. The van der Waals surface area contributed by atoms with E-state index in [4.69, 9.17) is 0 Å². The molecular formula is C24H35N3O. The van der Waals surface area contributed by atoms with Crippen LogP contribution in [-0.2, 0) is 4.79 Å². The SMILES string of the molecule is Cc1cc(NC(=O)C2C[C@@H]3CC[C@H]2C3)ccc1N1CCC(N2CCCC2C)C1. The number of nitrogens with one attached hydrogen (secondary N) is 1. The van der Waals surface area contributed by atoms with Gasteiger partial charge in [-0.1, -0.05) is 6.42 Å². The summed E-state index contributed by atoms with van der Waals surface area (Å²) in [7, 11) is 0. The third-order valence-corrected chi connectivity index (χ3v) is 8.12. The predicted octanol–water partition coefficient (Wildman–Crippen LogP) is 4.43. The van der Waals surface area contributed by atoms with Gasteiger partial charge in [0.25, 0.3) is 0 Å². The molecule has 2 aliphatic heterocycles. The molecule has 2 saturated heterocycles. The van der Waals surface area contributed by atoms with Gasteiger partial charge in [-0.2, -0.15) is 0 Å². The van der Waals surface area contributed by atoms with Gasteiger partial charge in [0.2, 0.25) is 5.91 Å². The van der Waals surface area contributed by atoms with Crippen molar-refractivity contribution in [2.45, 2.75) is 70.9 Å². The van der Waals surface area contributed by atoms with Crippen molar-refractivity contribution in [1.29, 1.82) is 0 Å². The second kappa shape index (κ2) is 7.37. The zero-order valence-corrected chi connectivity index (χ0v) is 17.5. The minimum absolute atomic E-state index is 0.250. The van der Waals surface area contributed by atoms with Gasteiger partial charge >= 0.3 is 0 Å². The number of hydrogen-bond donors (Lipinski definition) is 1. The third kappa shape index (κ3) is 3.34. The minimum Gasteiger partial charge on any atom is -0.370 e. The summed E-state index contributed by atoms with van der Waals surface area (Å²) >= 11 is 0. The van der Waals surface area contributed by atoms with Crippen LogP contribution in [0.25, 0.3) is 0 Å². The molecule has 1 N–H and O–H groups in total. The number of anilines is 2. The fourth-order valence-corrected chi connectivity index (χ4v) is 6.62. The molecule has 2 saturated carbocycles. The van der Waals surface area contributed by atoms with E-state index in [0.717, 1.165) is 37.2 Å². The van der Waals surface area contributed by atoms with Crippen molar-refractivity contribution < 1.29 is 4.79 Å². The first kappa shape index (κ1) is 18.5. The standard InChI is InChI=1S/C24H35N3O/c1-16-12-20(25-24(28)22-14-18-5-6-19(22)13-18)7-8-23(16)26-11-9-21(15-26)27-10-3-4-17(27)2/h7-8,12,17-19,21-22H,3-6,9-11,13-15H2,1-2H3,(H,25,28)/t17?,18-,19+,21?,22?/m1/s1. The van der Waals surface area contributed by atoms with Crippen LogP contribution in [0.4, 0.5) is 11.4 Å². The Morgan fingerprint density at radius 2 is 2.00 bits per heavy atom. The van der Waals surface area contributed by atoms with Gasteiger partial charge in [0.1, 0.15) is 0 Å². The summed E-state index contributed by atoms with van der Waals surface area (Å²) in [5, 5.41) is 3.22. The van der Waals surface area contributed by atoms with Gasteiger partial charge in [-0.25, -0.2) is 0 Å². The van der Waals surface area contributed by atoms with E-state index in [0.29, 0.717) is 12.0 Å². The highest BCUT2D eigenvalue weighted by atomic mass is 16.1. The Balaban J connectivity index is 1.22. The summed E-state index contributed by atoms with van der Waals surface area (Å²) in [4.78, 5) is 18.0. The van der Waals surface area contributed by atoms with Crippen LogP contribution in [0, 0.1) is 24.7 Å². The van der Waals surface area contributed by atoms with Gasteiger partial charge in [0.15, 0.2) is 0 Å². The molecule has 4 heteroatoms. The molecule has 5 rings (SSSR count). The topological polar surface area (TPSA) is 35.6 Å². The quantitative estimate of drug-likeness (QED) is 0.838. The van der Waals surface area contributed by atoms with Crippen LogP contribution in [0.5, 0.6) is 0 Å². The van der Waals surface area contributed by atoms with Gasteiger partial charge in [0, 0.05) is 42.5 Å². The Labute approximate surface area is 169 Å². The highest BCUT2D eigenvalue weighted by Gasteiger charge is 2.43. The Morgan fingerprint density at radius 3 is 2.68 bits per heavy atom. The molecule has 4 fully saturated rings. The number of rotatable bonds is 4. The maximum Gasteiger partial charge on any atom is 0.227 e. The van der Waals surface area contributed by atoms with Crippen LogP contribution in [-0.4, -0.2) is 42.5 Å². The molecule has 2 heterocycles. The predicted molar refractivity (Wildman–Crippen MR) is 115 cm³/mol. The highest BCUT2D eigenvalue weighted by Crippen LogP contribution is 2.48. The van der Waals surface area contributed by atoms with Crippen LogP contribution >= 0.6 is 0 Å². The molecule has 1 amide bonds. The van der Waals surface area contributed by atoms with E-state index in [2.05, 4.69) is 47.2 Å². The lowest BCUT2D eigenvalue weighted by Gasteiger charge is -2.29. The molecule has 4 nitrogen and oxygen atoms in total. The number of fused-ring (bicyclic) bond motifs is 2. The number of aryl methyl sites for hydroxylation is 1. The number of carbonyl (C=O) groups is 1. The number of hydrogen-bond acceptors (Lipinski definition) is 3. The maximum atomic E-state index is 12.8. The van der Waals surface area contributed by atoms with Crippen molar-refractivity contribution in [1.82, 2.24) is 4.90 Å². The van der Waals surface area contributed by atoms with Crippen LogP contribution in [0.2, 0.25) is 0 Å². The van der Waals surface area contributed by atoms with Crippen molar-refractivity contribution in [3.8, 4) is 0 Å². The van der Waals surface area contributed by atoms with Gasteiger partial charge in [0.05, 0.1) is 0 Å². The lowest BCUT2D eigenvalue weighted by molar-refractivity contribution is -0.121. The first-order valence-electron chi connectivity index (χ1n) is 11.5. The summed E-state index contributed by atoms with van der Waals surface area (Å²) in [5.74, 6) is 1.95. The zero-order chi connectivity index (χ0) is 19.3. The largest absolute Gasteiger partial charge is 0.370 e. The molecular weight excluding hydrogens is 346 g/mol. The average Bonchev–Trinajstić information content (AvgIpc) is 3.46. The van der Waals surface area contributed by atoms with E-state index < -0.39 is 0 Å². The molecule has 0 spiro atoms. The number of carbonyl (C=O) groups excluding carboxylic acids is 1. The van der Waals surface area contributed by atoms with Gasteiger partial charge in [-0.05, 0) is 94.5 Å². The van der Waals surface area contributed by atoms with Crippen LogP contribution in [0.3, 0.4) is 0 Å². The summed E-state index contributed by atoms with van der Waals surface area (Å²) in [6.45, 7) is 8.13. The minimum atomic E-state index is 0.250. The van der Waals surface area contributed by atoms with Crippen molar-refractivity contribution in [3.05, 3.63) is 23.8 Å². The molecule has 2 bridgehead atoms. The number of likely N-dealkylation sites (tertiary alicyclic amines) is 1. The van der Waals surface area contributed by atoms with Crippen molar-refractivity contribution in [2.24, 2.45) is 17.8 Å². The van der Waals surface area contributed by atoms with E-state index in [1.54, 1.807) is 0 Å². The maximum absolute atomic E-state index is 12.8. The van der Waals surface area contributed by atoms with E-state index >= 15 is 0 Å². The molecule has 28 heavy (non-hydrogen) atoms. The van der Waals surface area contributed by atoms with E-state index in [-0.39, 0.29) is 11.8 Å². The monoisotopic (exact) mass is 381 g/mol. The summed E-state index contributed by atoms with van der Waals surface area (Å²) in [6, 6.07) is 7.95. The van der Waals surface area contributed by atoms with E-state index in [1.165, 1.54) is 56.3 Å². The fourth-order valence-electron chi connectivity index (χ4n) is 6.62. The molecule has 2 aliphatic carbocycles. The molecule has 0 radical (unpaired) electrons. The normalized spacial score (nSPS) is 35.1. The first-order valence-corrected chi connectivity index (χ1v) is 11.5. The van der Waals surface area contributed by atoms with Crippen LogP contribution < -0.4 is 10.2 Å². The average molecular weight is 382 g/mol. The zero-order valence-electron chi connectivity index (χ0n) is 17.5. The molecule has 1 aromatic rings. The summed E-state index contributed by atoms with van der Waals surface area (Å²) in [5.41, 5.74) is 3.59. The number of amides is 1. The molecule has 3 unspecified atom stereocenters. The second-order valence-corrected chi connectivity index (χ2v) is 9.89. The van der Waals surface area contributed by atoms with E-state index in [9.17, 15) is 4.79 Å². The van der Waals surface area contributed by atoms with Crippen molar-refractivity contribution in [3.63, 3.8) is 0 Å². The van der Waals surface area contributed by atoms with Crippen molar-refractivity contribution >= 4 is 17.3 Å². The molecule has 0 aromatic heterocycles. The first-order chi connectivity index (χ1) is 13.6. The van der Waals surface area contributed by atoms with Gasteiger partial charge < -0.3 is 10.2 Å². The van der Waals surface area contributed by atoms with E-state index in [1.807, 2.05) is 0 Å². The van der Waals surface area contributed by atoms with Gasteiger partial charge in [-0.3, -0.25) is 9.69 Å². The fraction of sp³-hybridized carbons (Fsp3) is 0.708. The lowest BCUT2D eigenvalue weighted by Crippen LogP contribution is -2.39. The summed E-state index contributed by atoms with van der Waals surface area (Å²) < 4.78 is 0. The molecule has 5 atom stereocenters. The van der Waals surface area contributed by atoms with Crippen LogP contribution in [0.15, 0.2) is 18.2 Å². The summed E-state index contributed by atoms with van der Waals surface area (Å²) in [6.07, 6.45) is 8.97. The lowest BCUT2D eigenvalue weighted by atomic mass is 9.88. The Kier molecular flexibility index (Phi) is 4.86. The highest BCUT2D eigenvalue weighted by molar-refractivity contribution is 5.93. The molecule has 152 valence electrons. The number of nitrogens with zero attached hydrogens (tertiary/aromatic N) is 2. The molecule has 4 aliphatic rings. The Morgan fingerprint density at radius 1 is 1.11 bits per heavy atom. The second-order valence-electron chi connectivity index (χ2n) is 9.89. The Bertz CT molecular complexity index is 747. The Hall–Kier alpha value is -1.55. The smallest absolute Gasteiger partial charge is 0.227 e. The van der Waals surface area contributed by atoms with Crippen LogP contribution in [0.1, 0.15) is 57.4 Å². The van der Waals surface area contributed by atoms with Crippen molar-refractivity contribution in [2.75, 3.05) is 29.9 Å². The van der Waals surface area contributed by atoms with Gasteiger partial charge in [-0.15, -0.1) is 0 Å². The number of benzene rings is 1.